The second-order valence-electron chi connectivity index (χ2n) is 5.43. The average Bonchev–Trinajstić information content (AvgIpc) is 2.47. The van der Waals surface area contributed by atoms with Gasteiger partial charge in [-0.05, 0) is 48.7 Å². The molecule has 1 heterocycles. The summed E-state index contributed by atoms with van der Waals surface area (Å²) in [5.41, 5.74) is 9.73. The summed E-state index contributed by atoms with van der Waals surface area (Å²) in [6.07, 6.45) is 0.755. The van der Waals surface area contributed by atoms with Crippen molar-refractivity contribution in [1.82, 2.24) is 4.31 Å². The zero-order valence-corrected chi connectivity index (χ0v) is 12.7. The van der Waals surface area contributed by atoms with E-state index in [2.05, 4.69) is 13.0 Å². The van der Waals surface area contributed by atoms with Gasteiger partial charge in [0.2, 0.25) is 10.0 Å². The minimum Gasteiger partial charge on any atom is -0.399 e. The summed E-state index contributed by atoms with van der Waals surface area (Å²) in [6, 6.07) is 12.6. The van der Waals surface area contributed by atoms with Crippen molar-refractivity contribution in [2.24, 2.45) is 0 Å². The van der Waals surface area contributed by atoms with Crippen LogP contribution in [-0.4, -0.2) is 19.3 Å². The van der Waals surface area contributed by atoms with Crippen LogP contribution in [0, 0.1) is 6.92 Å². The molecule has 0 saturated carbocycles. The zero-order valence-electron chi connectivity index (χ0n) is 11.9. The molecule has 2 aromatic rings. The van der Waals surface area contributed by atoms with Gasteiger partial charge in [-0.2, -0.15) is 4.31 Å². The van der Waals surface area contributed by atoms with Gasteiger partial charge in [0.05, 0.1) is 4.90 Å². The number of benzene rings is 2. The monoisotopic (exact) mass is 302 g/mol. The van der Waals surface area contributed by atoms with Gasteiger partial charge in [-0.1, -0.05) is 23.8 Å². The van der Waals surface area contributed by atoms with E-state index in [1.807, 2.05) is 12.1 Å². The van der Waals surface area contributed by atoms with E-state index in [0.717, 1.165) is 12.0 Å². The molecule has 0 spiro atoms. The molecule has 0 atom stereocenters. The maximum atomic E-state index is 12.7. The summed E-state index contributed by atoms with van der Waals surface area (Å²) in [5.74, 6) is 0. The van der Waals surface area contributed by atoms with E-state index in [4.69, 9.17) is 5.73 Å². The van der Waals surface area contributed by atoms with Gasteiger partial charge in [-0.15, -0.1) is 0 Å². The SMILES string of the molecule is Cc1ccc2c(c1)CCN(S(=O)(=O)c1ccc(N)cc1)C2. The predicted octanol–water partition coefficient (Wildman–Crippen LogP) is 2.32. The Labute approximate surface area is 125 Å². The van der Waals surface area contributed by atoms with Crippen LogP contribution in [0.2, 0.25) is 0 Å². The summed E-state index contributed by atoms with van der Waals surface area (Å²) in [7, 11) is -3.45. The summed E-state index contributed by atoms with van der Waals surface area (Å²) in [4.78, 5) is 0.298. The van der Waals surface area contributed by atoms with Crippen molar-refractivity contribution in [1.29, 1.82) is 0 Å². The Bertz CT molecular complexity index is 767. The molecule has 0 radical (unpaired) electrons. The molecule has 3 rings (SSSR count). The fourth-order valence-corrected chi connectivity index (χ4v) is 4.07. The molecule has 1 aliphatic heterocycles. The van der Waals surface area contributed by atoms with E-state index in [9.17, 15) is 8.42 Å². The van der Waals surface area contributed by atoms with Crippen molar-refractivity contribution in [2.75, 3.05) is 12.3 Å². The summed E-state index contributed by atoms with van der Waals surface area (Å²) in [5, 5.41) is 0. The molecule has 0 aromatic heterocycles. The lowest BCUT2D eigenvalue weighted by Gasteiger charge is -2.28. The normalized spacial score (nSPS) is 15.7. The number of nitrogen functional groups attached to an aromatic ring is 1. The number of sulfonamides is 1. The Morgan fingerprint density at radius 2 is 1.76 bits per heavy atom. The van der Waals surface area contributed by atoms with Gasteiger partial charge < -0.3 is 5.73 Å². The highest BCUT2D eigenvalue weighted by molar-refractivity contribution is 7.89. The molecule has 110 valence electrons. The predicted molar refractivity (Wildman–Crippen MR) is 83.3 cm³/mol. The third-order valence-electron chi connectivity index (χ3n) is 3.86. The fourth-order valence-electron chi connectivity index (χ4n) is 2.65. The van der Waals surface area contributed by atoms with Crippen LogP contribution in [-0.2, 0) is 23.0 Å². The van der Waals surface area contributed by atoms with E-state index in [-0.39, 0.29) is 0 Å². The molecule has 1 aliphatic rings. The molecule has 0 aliphatic carbocycles. The van der Waals surface area contributed by atoms with Gasteiger partial charge in [0.15, 0.2) is 0 Å². The molecular formula is C16H18N2O2S. The Morgan fingerprint density at radius 3 is 2.48 bits per heavy atom. The summed E-state index contributed by atoms with van der Waals surface area (Å²) < 4.78 is 26.9. The van der Waals surface area contributed by atoms with Crippen LogP contribution in [0.1, 0.15) is 16.7 Å². The van der Waals surface area contributed by atoms with Crippen LogP contribution in [0.25, 0.3) is 0 Å². The molecule has 2 aromatic carbocycles. The van der Waals surface area contributed by atoms with Gasteiger partial charge in [-0.25, -0.2) is 8.42 Å². The number of fused-ring (bicyclic) bond motifs is 1. The second-order valence-corrected chi connectivity index (χ2v) is 7.37. The van der Waals surface area contributed by atoms with Crippen LogP contribution in [0.15, 0.2) is 47.4 Å². The third-order valence-corrected chi connectivity index (χ3v) is 5.72. The van der Waals surface area contributed by atoms with E-state index < -0.39 is 10.0 Å². The molecule has 5 heteroatoms. The number of hydrogen-bond acceptors (Lipinski definition) is 3. The maximum absolute atomic E-state index is 12.7. The lowest BCUT2D eigenvalue weighted by molar-refractivity contribution is 0.391. The van der Waals surface area contributed by atoms with Crippen molar-refractivity contribution in [3.8, 4) is 0 Å². The lowest BCUT2D eigenvalue weighted by Crippen LogP contribution is -2.36. The van der Waals surface area contributed by atoms with E-state index >= 15 is 0 Å². The molecular weight excluding hydrogens is 284 g/mol. The van der Waals surface area contributed by atoms with Gasteiger partial charge >= 0.3 is 0 Å². The first-order valence-electron chi connectivity index (χ1n) is 6.91. The Balaban J connectivity index is 1.91. The smallest absolute Gasteiger partial charge is 0.243 e. The minimum atomic E-state index is -3.45. The lowest BCUT2D eigenvalue weighted by atomic mass is 9.99. The maximum Gasteiger partial charge on any atom is 0.243 e. The van der Waals surface area contributed by atoms with Crippen LogP contribution >= 0.6 is 0 Å². The second kappa shape index (κ2) is 5.16. The van der Waals surface area contributed by atoms with E-state index in [0.29, 0.717) is 23.7 Å². The molecule has 2 N–H and O–H groups in total. The van der Waals surface area contributed by atoms with Gasteiger partial charge in [0, 0.05) is 18.8 Å². The highest BCUT2D eigenvalue weighted by atomic mass is 32.2. The first-order valence-corrected chi connectivity index (χ1v) is 8.35. The molecule has 0 fully saturated rings. The standard InChI is InChI=1S/C16H18N2O2S/c1-12-2-3-14-11-18(9-8-13(14)10-12)21(19,20)16-6-4-15(17)5-7-16/h2-7,10H,8-9,11,17H2,1H3. The van der Waals surface area contributed by atoms with Gasteiger partial charge in [-0.3, -0.25) is 0 Å². The van der Waals surface area contributed by atoms with Crippen LogP contribution in [0.5, 0.6) is 0 Å². The first kappa shape index (κ1) is 14.1. The number of rotatable bonds is 2. The highest BCUT2D eigenvalue weighted by Gasteiger charge is 2.28. The highest BCUT2D eigenvalue weighted by Crippen LogP contribution is 2.25. The number of nitrogens with zero attached hydrogens (tertiary/aromatic N) is 1. The van der Waals surface area contributed by atoms with Gasteiger partial charge in [0.25, 0.3) is 0 Å². The Hall–Kier alpha value is -1.85. The Kier molecular flexibility index (Phi) is 3.47. The summed E-state index contributed by atoms with van der Waals surface area (Å²) in [6.45, 7) is 3.00. The molecule has 0 unspecified atom stereocenters. The first-order chi connectivity index (χ1) is 9.96. The molecule has 0 saturated heterocycles. The zero-order chi connectivity index (χ0) is 15.0. The molecule has 4 nitrogen and oxygen atoms in total. The Morgan fingerprint density at radius 1 is 1.05 bits per heavy atom. The number of anilines is 1. The minimum absolute atomic E-state index is 0.298. The molecule has 21 heavy (non-hydrogen) atoms. The van der Waals surface area contributed by atoms with Gasteiger partial charge in [0.1, 0.15) is 0 Å². The largest absolute Gasteiger partial charge is 0.399 e. The van der Waals surface area contributed by atoms with Crippen molar-refractivity contribution in [2.45, 2.75) is 24.8 Å². The van der Waals surface area contributed by atoms with Crippen molar-refractivity contribution >= 4 is 15.7 Å². The average molecular weight is 302 g/mol. The number of aryl methyl sites for hydroxylation is 1. The topological polar surface area (TPSA) is 63.4 Å². The number of hydrogen-bond donors (Lipinski definition) is 1. The van der Waals surface area contributed by atoms with E-state index in [1.165, 1.54) is 15.4 Å². The van der Waals surface area contributed by atoms with Crippen LogP contribution in [0.3, 0.4) is 0 Å². The molecule has 0 bridgehead atoms. The van der Waals surface area contributed by atoms with Crippen LogP contribution in [0.4, 0.5) is 5.69 Å². The molecule has 0 amide bonds. The van der Waals surface area contributed by atoms with E-state index in [1.54, 1.807) is 24.3 Å². The quantitative estimate of drug-likeness (QED) is 0.866. The summed E-state index contributed by atoms with van der Waals surface area (Å²) >= 11 is 0. The van der Waals surface area contributed by atoms with Crippen molar-refractivity contribution in [3.05, 3.63) is 59.2 Å². The van der Waals surface area contributed by atoms with Crippen molar-refractivity contribution in [3.63, 3.8) is 0 Å². The van der Waals surface area contributed by atoms with Crippen LogP contribution < -0.4 is 5.73 Å². The number of nitrogens with two attached hydrogens (primary N) is 1. The fraction of sp³-hybridized carbons (Fsp3) is 0.250. The van der Waals surface area contributed by atoms with Crippen molar-refractivity contribution < 1.29 is 8.42 Å². The third kappa shape index (κ3) is 2.66.